The standard InChI is InChI=1S/C26H32N4O3/c1-16(2)33-22-14-20-18(13-21(22)32-6)7-8-19-23(25(31)28-15-26(3,4)5)29-24(30(19)20)17-9-11-27-12-10-17/h9-14,16H,7-8,15H2,1-6H3,(H,28,31). The van der Waals surface area contributed by atoms with E-state index in [1.807, 2.05) is 38.1 Å². The van der Waals surface area contributed by atoms with E-state index in [-0.39, 0.29) is 17.4 Å². The van der Waals surface area contributed by atoms with Crippen molar-refractivity contribution in [1.82, 2.24) is 19.9 Å². The number of aromatic nitrogens is 3. The molecule has 0 saturated carbocycles. The van der Waals surface area contributed by atoms with Crippen LogP contribution in [-0.4, -0.2) is 40.2 Å². The van der Waals surface area contributed by atoms with E-state index in [9.17, 15) is 4.79 Å². The quantitative estimate of drug-likeness (QED) is 0.596. The van der Waals surface area contributed by atoms with Crippen LogP contribution in [0.5, 0.6) is 11.5 Å². The van der Waals surface area contributed by atoms with E-state index in [1.165, 1.54) is 0 Å². The van der Waals surface area contributed by atoms with Crippen LogP contribution in [0.25, 0.3) is 17.1 Å². The maximum atomic E-state index is 13.2. The number of pyridine rings is 1. The molecule has 1 aromatic carbocycles. The molecule has 7 heteroatoms. The van der Waals surface area contributed by atoms with Crippen LogP contribution < -0.4 is 14.8 Å². The minimum absolute atomic E-state index is 0.00111. The lowest BCUT2D eigenvalue weighted by molar-refractivity contribution is 0.0933. The second-order valence-corrected chi connectivity index (χ2v) is 9.84. The second kappa shape index (κ2) is 8.89. The monoisotopic (exact) mass is 448 g/mol. The Morgan fingerprint density at radius 3 is 2.52 bits per heavy atom. The summed E-state index contributed by atoms with van der Waals surface area (Å²) in [6.07, 6.45) is 4.97. The Hall–Kier alpha value is -3.35. The molecule has 0 unspecified atom stereocenters. The maximum absolute atomic E-state index is 13.2. The first-order valence-corrected chi connectivity index (χ1v) is 11.4. The third kappa shape index (κ3) is 4.72. The van der Waals surface area contributed by atoms with Gasteiger partial charge in [-0.15, -0.1) is 0 Å². The number of ether oxygens (including phenoxy) is 2. The molecular weight excluding hydrogens is 416 g/mol. The first-order chi connectivity index (χ1) is 15.7. The van der Waals surface area contributed by atoms with Crippen molar-refractivity contribution in [3.05, 3.63) is 53.6 Å². The molecule has 33 heavy (non-hydrogen) atoms. The van der Waals surface area contributed by atoms with Crippen LogP contribution in [0.15, 0.2) is 36.7 Å². The van der Waals surface area contributed by atoms with Crippen molar-refractivity contribution >= 4 is 5.91 Å². The molecule has 0 spiro atoms. The highest BCUT2D eigenvalue weighted by Crippen LogP contribution is 2.39. The number of benzene rings is 1. The summed E-state index contributed by atoms with van der Waals surface area (Å²) in [5.41, 5.74) is 4.35. The van der Waals surface area contributed by atoms with Gasteiger partial charge in [0.25, 0.3) is 5.91 Å². The van der Waals surface area contributed by atoms with Gasteiger partial charge in [-0.05, 0) is 55.9 Å². The molecule has 1 aliphatic heterocycles. The summed E-state index contributed by atoms with van der Waals surface area (Å²) in [7, 11) is 1.65. The number of imidazole rings is 1. The van der Waals surface area contributed by atoms with Gasteiger partial charge >= 0.3 is 0 Å². The van der Waals surface area contributed by atoms with Crippen molar-refractivity contribution in [3.63, 3.8) is 0 Å². The largest absolute Gasteiger partial charge is 0.493 e. The molecule has 7 nitrogen and oxygen atoms in total. The Labute approximate surface area is 195 Å². The van der Waals surface area contributed by atoms with E-state index in [4.69, 9.17) is 14.5 Å². The van der Waals surface area contributed by atoms with Crippen molar-refractivity contribution in [3.8, 4) is 28.6 Å². The number of carbonyl (C=O) groups excluding carboxylic acids is 1. The topological polar surface area (TPSA) is 78.3 Å². The SMILES string of the molecule is COc1cc2c(cc1OC(C)C)-n1c(-c3ccncc3)nc(C(=O)NCC(C)(C)C)c1CC2. The van der Waals surface area contributed by atoms with Gasteiger partial charge in [0, 0.05) is 30.6 Å². The Bertz CT molecular complexity index is 1160. The molecule has 0 aliphatic carbocycles. The first kappa shape index (κ1) is 22.8. The molecule has 1 amide bonds. The molecule has 3 heterocycles. The number of carbonyl (C=O) groups is 1. The Balaban J connectivity index is 1.88. The summed E-state index contributed by atoms with van der Waals surface area (Å²) >= 11 is 0. The van der Waals surface area contributed by atoms with Gasteiger partial charge in [0.1, 0.15) is 11.5 Å². The average Bonchev–Trinajstić information content (AvgIpc) is 3.17. The van der Waals surface area contributed by atoms with E-state index < -0.39 is 0 Å². The minimum Gasteiger partial charge on any atom is -0.493 e. The van der Waals surface area contributed by atoms with E-state index in [0.717, 1.165) is 34.8 Å². The van der Waals surface area contributed by atoms with Crippen molar-refractivity contribution in [1.29, 1.82) is 0 Å². The fraction of sp³-hybridized carbons (Fsp3) is 0.423. The number of nitrogens with zero attached hydrogens (tertiary/aromatic N) is 3. The van der Waals surface area contributed by atoms with Crippen LogP contribution in [0.4, 0.5) is 0 Å². The molecule has 3 aromatic rings. The molecule has 0 fully saturated rings. The van der Waals surface area contributed by atoms with Gasteiger partial charge in [0.2, 0.25) is 0 Å². The van der Waals surface area contributed by atoms with Gasteiger partial charge in [-0.1, -0.05) is 20.8 Å². The second-order valence-electron chi connectivity index (χ2n) is 9.84. The van der Waals surface area contributed by atoms with Crippen molar-refractivity contribution in [2.45, 2.75) is 53.6 Å². The van der Waals surface area contributed by atoms with Crippen molar-refractivity contribution in [2.24, 2.45) is 5.41 Å². The zero-order valence-electron chi connectivity index (χ0n) is 20.2. The lowest BCUT2D eigenvalue weighted by Crippen LogP contribution is -2.33. The fourth-order valence-electron chi connectivity index (χ4n) is 4.01. The van der Waals surface area contributed by atoms with Gasteiger partial charge in [-0.25, -0.2) is 4.98 Å². The first-order valence-electron chi connectivity index (χ1n) is 11.4. The summed E-state index contributed by atoms with van der Waals surface area (Å²) in [5.74, 6) is 1.95. The highest BCUT2D eigenvalue weighted by atomic mass is 16.5. The molecule has 2 aromatic heterocycles. The van der Waals surface area contributed by atoms with Crippen LogP contribution in [-0.2, 0) is 12.8 Å². The summed E-state index contributed by atoms with van der Waals surface area (Å²) in [6, 6.07) is 7.86. The predicted molar refractivity (Wildman–Crippen MR) is 128 cm³/mol. The van der Waals surface area contributed by atoms with Gasteiger partial charge in [0.15, 0.2) is 11.5 Å². The van der Waals surface area contributed by atoms with Crippen LogP contribution in [0.3, 0.4) is 0 Å². The summed E-state index contributed by atoms with van der Waals surface area (Å²) in [6.45, 7) is 10.8. The van der Waals surface area contributed by atoms with Gasteiger partial charge in [-0.2, -0.15) is 0 Å². The molecule has 1 N–H and O–H groups in total. The number of nitrogens with one attached hydrogen (secondary N) is 1. The third-order valence-corrected chi connectivity index (χ3v) is 5.51. The minimum atomic E-state index is -0.149. The van der Waals surface area contributed by atoms with Crippen molar-refractivity contribution in [2.75, 3.05) is 13.7 Å². The Morgan fingerprint density at radius 1 is 1.15 bits per heavy atom. The zero-order chi connectivity index (χ0) is 23.8. The number of fused-ring (bicyclic) bond motifs is 3. The van der Waals surface area contributed by atoms with Gasteiger partial charge < -0.3 is 14.8 Å². The molecule has 1 aliphatic rings. The highest BCUT2D eigenvalue weighted by molar-refractivity contribution is 5.95. The average molecular weight is 449 g/mol. The summed E-state index contributed by atoms with van der Waals surface area (Å²) in [4.78, 5) is 22.2. The molecule has 0 saturated heterocycles. The van der Waals surface area contributed by atoms with Crippen LogP contribution >= 0.6 is 0 Å². The molecule has 174 valence electrons. The molecular formula is C26H32N4O3. The number of aryl methyl sites for hydroxylation is 1. The summed E-state index contributed by atoms with van der Waals surface area (Å²) in [5, 5.41) is 3.06. The van der Waals surface area contributed by atoms with Crippen LogP contribution in [0.2, 0.25) is 0 Å². The predicted octanol–water partition coefficient (Wildman–Crippen LogP) is 4.60. The lowest BCUT2D eigenvalue weighted by atomic mass is 9.96. The lowest BCUT2D eigenvalue weighted by Gasteiger charge is -2.24. The molecule has 0 atom stereocenters. The van der Waals surface area contributed by atoms with Gasteiger partial charge in [-0.3, -0.25) is 14.3 Å². The normalized spacial score (nSPS) is 12.8. The molecule has 4 rings (SSSR count). The smallest absolute Gasteiger partial charge is 0.271 e. The van der Waals surface area contributed by atoms with E-state index >= 15 is 0 Å². The van der Waals surface area contributed by atoms with Crippen LogP contribution in [0.1, 0.15) is 56.4 Å². The van der Waals surface area contributed by atoms with E-state index in [0.29, 0.717) is 30.2 Å². The molecule has 0 bridgehead atoms. The number of rotatable bonds is 6. The number of amides is 1. The van der Waals surface area contributed by atoms with Crippen LogP contribution in [0, 0.1) is 5.41 Å². The zero-order valence-corrected chi connectivity index (χ0v) is 20.2. The Kier molecular flexibility index (Phi) is 6.15. The number of methoxy groups -OCH3 is 1. The van der Waals surface area contributed by atoms with Gasteiger partial charge in [0.05, 0.1) is 24.6 Å². The maximum Gasteiger partial charge on any atom is 0.271 e. The fourth-order valence-corrected chi connectivity index (χ4v) is 4.01. The van der Waals surface area contributed by atoms with Crippen molar-refractivity contribution < 1.29 is 14.3 Å². The summed E-state index contributed by atoms with van der Waals surface area (Å²) < 4.78 is 13.7. The number of hydrogen-bond donors (Lipinski definition) is 1. The highest BCUT2D eigenvalue weighted by Gasteiger charge is 2.30. The Morgan fingerprint density at radius 2 is 1.88 bits per heavy atom. The third-order valence-electron chi connectivity index (χ3n) is 5.51. The van der Waals surface area contributed by atoms with E-state index in [2.05, 4.69) is 35.6 Å². The molecule has 0 radical (unpaired) electrons. The van der Waals surface area contributed by atoms with E-state index in [1.54, 1.807) is 19.5 Å². The number of hydrogen-bond acceptors (Lipinski definition) is 5.